The summed E-state index contributed by atoms with van der Waals surface area (Å²) in [6.45, 7) is 6.20. The Morgan fingerprint density at radius 2 is 2.00 bits per heavy atom. The van der Waals surface area contributed by atoms with Gasteiger partial charge in [0.15, 0.2) is 0 Å². The third-order valence-electron chi connectivity index (χ3n) is 2.87. The summed E-state index contributed by atoms with van der Waals surface area (Å²) < 4.78 is 0. The molecule has 4 nitrogen and oxygen atoms in total. The van der Waals surface area contributed by atoms with Crippen LogP contribution in [0.25, 0.3) is 0 Å². The molecule has 1 atom stereocenters. The minimum absolute atomic E-state index is 0.461. The Hall–Kier alpha value is -0.970. The summed E-state index contributed by atoms with van der Waals surface area (Å²) in [5.41, 5.74) is 1.11. The van der Waals surface area contributed by atoms with E-state index in [0.29, 0.717) is 6.04 Å². The fourth-order valence-electron chi connectivity index (χ4n) is 1.76. The normalized spacial score (nSPS) is 12.4. The predicted molar refractivity (Wildman–Crippen MR) is 77.3 cm³/mol. The molecule has 0 aromatic carbocycles. The van der Waals surface area contributed by atoms with Gasteiger partial charge in [-0.3, -0.25) is 0 Å². The Kier molecular flexibility index (Phi) is 5.05. The van der Waals surface area contributed by atoms with Crippen LogP contribution in [-0.2, 0) is 0 Å². The van der Waals surface area contributed by atoms with Crippen molar-refractivity contribution in [1.29, 1.82) is 0 Å². The van der Waals surface area contributed by atoms with E-state index in [4.69, 9.17) is 0 Å². The lowest BCUT2D eigenvalue weighted by atomic mass is 10.2. The van der Waals surface area contributed by atoms with Crippen LogP contribution in [0.3, 0.4) is 0 Å². The minimum atomic E-state index is 0.461. The molecule has 1 N–H and O–H groups in total. The number of nitrogens with one attached hydrogen (secondary N) is 1. The van der Waals surface area contributed by atoms with Gasteiger partial charge in [0.2, 0.25) is 0 Å². The smallest absolute Gasteiger partial charge is 0.137 e. The van der Waals surface area contributed by atoms with E-state index in [1.165, 1.54) is 0 Å². The van der Waals surface area contributed by atoms with Crippen LogP contribution < -0.4 is 10.2 Å². The molecule has 0 aliphatic heterocycles. The predicted octanol–water partition coefficient (Wildman–Crippen LogP) is 2.32. The van der Waals surface area contributed by atoms with Gasteiger partial charge in [-0.05, 0) is 27.0 Å². The zero-order chi connectivity index (χ0) is 13.0. The van der Waals surface area contributed by atoms with Crippen molar-refractivity contribution >= 4 is 23.4 Å². The van der Waals surface area contributed by atoms with Gasteiger partial charge in [-0.2, -0.15) is 11.8 Å². The summed E-state index contributed by atoms with van der Waals surface area (Å²) in [4.78, 5) is 11.2. The molecule has 5 heteroatoms. The number of hydrogen-bond acceptors (Lipinski definition) is 5. The molecule has 0 spiro atoms. The second-order valence-corrected chi connectivity index (χ2v) is 5.14. The van der Waals surface area contributed by atoms with E-state index < -0.39 is 0 Å². The molecule has 1 heterocycles. The van der Waals surface area contributed by atoms with Gasteiger partial charge in [0, 0.05) is 31.5 Å². The molecule has 0 bridgehead atoms. The molecule has 1 rings (SSSR count). The summed E-state index contributed by atoms with van der Waals surface area (Å²) in [6.07, 6.45) is 2.13. The first-order valence-electron chi connectivity index (χ1n) is 5.76. The van der Waals surface area contributed by atoms with Crippen LogP contribution in [0.5, 0.6) is 0 Å². The maximum Gasteiger partial charge on any atom is 0.137 e. The zero-order valence-corrected chi connectivity index (χ0v) is 12.4. The molecule has 17 heavy (non-hydrogen) atoms. The van der Waals surface area contributed by atoms with Crippen LogP contribution >= 0.6 is 11.8 Å². The van der Waals surface area contributed by atoms with Gasteiger partial charge in [-0.15, -0.1) is 0 Å². The molecule has 0 aliphatic rings. The van der Waals surface area contributed by atoms with Crippen LogP contribution in [0.15, 0.2) is 0 Å². The fraction of sp³-hybridized carbons (Fsp3) is 0.667. The van der Waals surface area contributed by atoms with Crippen LogP contribution in [-0.4, -0.2) is 42.1 Å². The van der Waals surface area contributed by atoms with E-state index in [-0.39, 0.29) is 0 Å². The van der Waals surface area contributed by atoms with Gasteiger partial charge >= 0.3 is 0 Å². The highest BCUT2D eigenvalue weighted by atomic mass is 32.2. The number of rotatable bonds is 5. The zero-order valence-electron chi connectivity index (χ0n) is 11.5. The molecule has 1 aromatic heterocycles. The van der Waals surface area contributed by atoms with E-state index in [1.54, 1.807) is 0 Å². The number of anilines is 2. The Morgan fingerprint density at radius 3 is 2.53 bits per heavy atom. The number of aromatic nitrogens is 2. The highest BCUT2D eigenvalue weighted by molar-refractivity contribution is 7.98. The molecule has 96 valence electrons. The largest absolute Gasteiger partial charge is 0.373 e. The van der Waals surface area contributed by atoms with Gasteiger partial charge in [-0.25, -0.2) is 9.97 Å². The summed E-state index contributed by atoms with van der Waals surface area (Å²) in [6, 6.07) is 0.461. The number of nitrogens with zero attached hydrogens (tertiary/aromatic N) is 3. The fourth-order valence-corrected chi connectivity index (χ4v) is 2.47. The highest BCUT2D eigenvalue weighted by Crippen LogP contribution is 2.24. The van der Waals surface area contributed by atoms with Crippen LogP contribution in [0.2, 0.25) is 0 Å². The number of thioether (sulfide) groups is 1. The van der Waals surface area contributed by atoms with E-state index >= 15 is 0 Å². The summed E-state index contributed by atoms with van der Waals surface area (Å²) in [5.74, 6) is 3.82. The average molecular weight is 254 g/mol. The summed E-state index contributed by atoms with van der Waals surface area (Å²) in [5, 5.41) is 3.12. The molecule has 1 unspecified atom stereocenters. The number of aryl methyl sites for hydroxylation is 1. The molecule has 0 aliphatic carbocycles. The van der Waals surface area contributed by atoms with Crippen LogP contribution in [0, 0.1) is 13.8 Å². The standard InChI is InChI=1S/C12H22N4S/c1-8(7-17-6)16(5)12-9(2)11(13-4)14-10(3)15-12/h8H,7H2,1-6H3,(H,13,14,15). The van der Waals surface area contributed by atoms with E-state index in [1.807, 2.05) is 25.7 Å². The molecular weight excluding hydrogens is 232 g/mol. The van der Waals surface area contributed by atoms with Crippen molar-refractivity contribution in [3.8, 4) is 0 Å². The van der Waals surface area contributed by atoms with Crippen molar-refractivity contribution in [3.05, 3.63) is 11.4 Å². The SMILES string of the molecule is CNc1nc(C)nc(N(C)C(C)CSC)c1C. The Balaban J connectivity index is 3.08. The minimum Gasteiger partial charge on any atom is -0.373 e. The molecular formula is C12H22N4S. The molecule has 1 aromatic rings. The Morgan fingerprint density at radius 1 is 1.35 bits per heavy atom. The van der Waals surface area contributed by atoms with Crippen molar-refractivity contribution in [2.24, 2.45) is 0 Å². The van der Waals surface area contributed by atoms with Crippen molar-refractivity contribution in [2.45, 2.75) is 26.8 Å². The number of hydrogen-bond donors (Lipinski definition) is 1. The third-order valence-corrected chi connectivity index (χ3v) is 3.69. The molecule has 0 amide bonds. The van der Waals surface area contributed by atoms with Gasteiger partial charge in [0.05, 0.1) is 0 Å². The van der Waals surface area contributed by atoms with Gasteiger partial charge in [-0.1, -0.05) is 0 Å². The quantitative estimate of drug-likeness (QED) is 0.873. The highest BCUT2D eigenvalue weighted by Gasteiger charge is 2.16. The molecule has 0 saturated heterocycles. The third kappa shape index (κ3) is 3.25. The van der Waals surface area contributed by atoms with Gasteiger partial charge in [0.25, 0.3) is 0 Å². The molecule has 0 saturated carbocycles. The van der Waals surface area contributed by atoms with Crippen molar-refractivity contribution in [3.63, 3.8) is 0 Å². The first kappa shape index (κ1) is 14.1. The van der Waals surface area contributed by atoms with Gasteiger partial charge < -0.3 is 10.2 Å². The van der Waals surface area contributed by atoms with Crippen LogP contribution in [0.4, 0.5) is 11.6 Å². The molecule has 0 fully saturated rings. The van der Waals surface area contributed by atoms with Gasteiger partial charge in [0.1, 0.15) is 17.5 Å². The maximum absolute atomic E-state index is 4.55. The first-order chi connectivity index (χ1) is 8.01. The lowest BCUT2D eigenvalue weighted by Crippen LogP contribution is -2.32. The lowest BCUT2D eigenvalue weighted by molar-refractivity contribution is 0.745. The van der Waals surface area contributed by atoms with Crippen molar-refractivity contribution < 1.29 is 0 Å². The second-order valence-electron chi connectivity index (χ2n) is 4.23. The Labute approximate surface area is 108 Å². The summed E-state index contributed by atoms with van der Waals surface area (Å²) >= 11 is 1.85. The van der Waals surface area contributed by atoms with E-state index in [2.05, 4.69) is 47.3 Å². The van der Waals surface area contributed by atoms with Crippen molar-refractivity contribution in [1.82, 2.24) is 9.97 Å². The molecule has 0 radical (unpaired) electrons. The monoisotopic (exact) mass is 254 g/mol. The second kappa shape index (κ2) is 6.10. The topological polar surface area (TPSA) is 41.1 Å². The van der Waals surface area contributed by atoms with Crippen LogP contribution in [0.1, 0.15) is 18.3 Å². The Bertz CT molecular complexity index is 381. The average Bonchev–Trinajstić information content (AvgIpc) is 2.31. The lowest BCUT2D eigenvalue weighted by Gasteiger charge is -2.27. The van der Waals surface area contributed by atoms with E-state index in [0.717, 1.165) is 28.8 Å². The van der Waals surface area contributed by atoms with Crippen molar-refractivity contribution in [2.75, 3.05) is 36.3 Å². The first-order valence-corrected chi connectivity index (χ1v) is 7.15. The van der Waals surface area contributed by atoms with E-state index in [9.17, 15) is 0 Å². The maximum atomic E-state index is 4.55. The summed E-state index contributed by atoms with van der Waals surface area (Å²) in [7, 11) is 3.99.